The van der Waals surface area contributed by atoms with E-state index in [1.165, 1.54) is 0 Å². The van der Waals surface area contributed by atoms with Crippen molar-refractivity contribution in [2.24, 2.45) is 0 Å². The van der Waals surface area contributed by atoms with Gasteiger partial charge in [-0.2, -0.15) is 15.8 Å². The average molecular weight is 329 g/mol. The molecule has 0 aromatic heterocycles. The van der Waals surface area contributed by atoms with Gasteiger partial charge in [-0.15, -0.1) is 0 Å². The maximum atomic E-state index is 9.26. The van der Waals surface area contributed by atoms with Crippen LogP contribution in [0, 0.1) is 67.9 Å². The molecule has 1 rings (SSSR count). The fourth-order valence-corrected chi connectivity index (χ4v) is 1.89. The molecule has 1 aromatic rings. The van der Waals surface area contributed by atoms with Gasteiger partial charge in [0.1, 0.15) is 18.2 Å². The van der Waals surface area contributed by atoms with Crippen molar-refractivity contribution in [3.05, 3.63) is 33.4 Å². The summed E-state index contributed by atoms with van der Waals surface area (Å²) in [4.78, 5) is 0. The third kappa shape index (κ3) is 3.05. The molecule has 0 aliphatic rings. The molecule has 0 aliphatic carbocycles. The molecule has 1 aromatic carbocycles. The number of hydrogen-bond donors (Lipinski definition) is 0. The number of nitrogens with zero attached hydrogens (tertiary/aromatic N) is 3. The van der Waals surface area contributed by atoms with E-state index in [0.717, 1.165) is 0 Å². The first kappa shape index (κ1) is 16.3. The van der Waals surface area contributed by atoms with Crippen LogP contribution in [-0.4, -0.2) is 0 Å². The lowest BCUT2D eigenvalue weighted by Gasteiger charge is -2.08. The lowest BCUT2D eigenvalue weighted by molar-refractivity contribution is 1.36. The van der Waals surface area contributed by atoms with Crippen molar-refractivity contribution in [1.29, 1.82) is 15.8 Å². The highest BCUT2D eigenvalue weighted by Gasteiger charge is 2.22. The van der Waals surface area contributed by atoms with Crippen LogP contribution in [0.15, 0.2) is 0 Å². The molecular weight excluding hydrogens is 329 g/mol. The minimum absolute atomic E-state index is 0.0258. The second kappa shape index (κ2) is 7.74. The summed E-state index contributed by atoms with van der Waals surface area (Å²) in [6.07, 6.45) is 0. The molecule has 0 aliphatic heterocycles. The fraction of sp³-hybridized carbons (Fsp3) is 0. The highest BCUT2D eigenvalue weighted by molar-refractivity contribution is 6.31. The fourth-order valence-electron chi connectivity index (χ4n) is 1.60. The molecule has 0 spiro atoms. The summed E-state index contributed by atoms with van der Waals surface area (Å²) in [6, 6.07) is 5.54. The number of rotatable bonds is 0. The molecule has 21 heavy (non-hydrogen) atoms. The second-order valence-electron chi connectivity index (χ2n) is 3.24. The molecule has 0 unspecified atom stereocenters. The molecule has 0 saturated heterocycles. The monoisotopic (exact) mass is 327 g/mol. The van der Waals surface area contributed by atoms with Gasteiger partial charge >= 0.3 is 0 Å². The van der Waals surface area contributed by atoms with E-state index in [1.54, 1.807) is 0 Å². The third-order valence-electron chi connectivity index (χ3n) is 2.35. The van der Waals surface area contributed by atoms with Gasteiger partial charge in [-0.1, -0.05) is 0 Å². The van der Waals surface area contributed by atoms with Crippen molar-refractivity contribution in [2.75, 3.05) is 0 Å². The molecule has 96 valence electrons. The van der Waals surface area contributed by atoms with E-state index in [1.807, 2.05) is 18.2 Å². The Bertz CT molecular complexity index is 777. The van der Waals surface area contributed by atoms with E-state index in [9.17, 15) is 15.8 Å². The number of benzene rings is 1. The van der Waals surface area contributed by atoms with Gasteiger partial charge in [0.25, 0.3) is 0 Å². The van der Waals surface area contributed by atoms with Gasteiger partial charge in [-0.25, -0.2) is 0 Å². The summed E-state index contributed by atoms with van der Waals surface area (Å²) in [5.41, 5.74) is -0.118. The predicted molar refractivity (Wildman–Crippen MR) is 78.8 cm³/mol. The van der Waals surface area contributed by atoms with Gasteiger partial charge in [-0.05, 0) is 52.6 Å². The van der Waals surface area contributed by atoms with Gasteiger partial charge in [0.15, 0.2) is 0 Å². The van der Waals surface area contributed by atoms with Gasteiger partial charge in [0.2, 0.25) is 0 Å². The molecule has 0 radical (unpaired) electrons. The molecular formula is C15Cl3N3. The van der Waals surface area contributed by atoms with Crippen LogP contribution in [0.25, 0.3) is 0 Å². The molecule has 0 heterocycles. The summed E-state index contributed by atoms with van der Waals surface area (Å²) in [5.74, 6) is 7.30. The zero-order valence-corrected chi connectivity index (χ0v) is 12.2. The topological polar surface area (TPSA) is 71.4 Å². The number of nitriles is 3. The Labute approximate surface area is 136 Å². The Morgan fingerprint density at radius 2 is 0.714 bits per heavy atom. The van der Waals surface area contributed by atoms with Crippen molar-refractivity contribution in [1.82, 2.24) is 0 Å². The summed E-state index contributed by atoms with van der Waals surface area (Å²) in [6.45, 7) is 0. The molecule has 0 atom stereocenters. The summed E-state index contributed by atoms with van der Waals surface area (Å²) < 4.78 is 0. The Balaban J connectivity index is 4.25. The summed E-state index contributed by atoms with van der Waals surface area (Å²) in [7, 11) is 0. The van der Waals surface area contributed by atoms with Gasteiger partial charge in [0, 0.05) is 16.1 Å². The van der Waals surface area contributed by atoms with Crippen LogP contribution in [0.4, 0.5) is 0 Å². The lowest BCUT2D eigenvalue weighted by Crippen LogP contribution is -2.03. The zero-order chi connectivity index (χ0) is 15.8. The first-order chi connectivity index (χ1) is 10.2. The van der Waals surface area contributed by atoms with E-state index in [0.29, 0.717) is 0 Å². The first-order valence-electron chi connectivity index (χ1n) is 4.99. The molecule has 0 saturated carbocycles. The minimum atomic E-state index is -0.0653. The summed E-state index contributed by atoms with van der Waals surface area (Å²) >= 11 is 16.1. The van der Waals surface area contributed by atoms with Crippen LogP contribution in [0.5, 0.6) is 0 Å². The highest BCUT2D eigenvalue weighted by atomic mass is 35.5. The van der Waals surface area contributed by atoms with Crippen LogP contribution < -0.4 is 0 Å². The predicted octanol–water partition coefficient (Wildman–Crippen LogP) is 2.95. The van der Waals surface area contributed by atoms with Crippen molar-refractivity contribution in [3.8, 4) is 52.1 Å². The zero-order valence-electron chi connectivity index (χ0n) is 9.98. The highest BCUT2D eigenvalue weighted by Crippen LogP contribution is 2.26. The minimum Gasteiger partial charge on any atom is -0.192 e. The smallest absolute Gasteiger partial charge is 0.102 e. The van der Waals surface area contributed by atoms with Crippen LogP contribution in [0.1, 0.15) is 33.4 Å². The van der Waals surface area contributed by atoms with E-state index in [-0.39, 0.29) is 33.4 Å². The van der Waals surface area contributed by atoms with Crippen LogP contribution >= 0.6 is 34.8 Å². The maximum Gasteiger partial charge on any atom is 0.102 e. The molecule has 3 nitrogen and oxygen atoms in total. The van der Waals surface area contributed by atoms with E-state index >= 15 is 0 Å². The second-order valence-corrected chi connectivity index (χ2v) is 3.81. The normalized spacial score (nSPS) is 7.43. The Hall–Kier alpha value is -2.76. The van der Waals surface area contributed by atoms with Gasteiger partial charge in [0.05, 0.1) is 33.4 Å². The van der Waals surface area contributed by atoms with Gasteiger partial charge < -0.3 is 0 Å². The first-order valence-corrected chi connectivity index (χ1v) is 6.12. The molecule has 6 heteroatoms. The molecule has 0 amide bonds. The largest absolute Gasteiger partial charge is 0.192 e. The Morgan fingerprint density at radius 1 is 0.476 bits per heavy atom. The third-order valence-corrected chi connectivity index (χ3v) is 2.64. The summed E-state index contributed by atoms with van der Waals surface area (Å²) in [5, 5.41) is 34.0. The van der Waals surface area contributed by atoms with E-state index in [4.69, 9.17) is 34.8 Å². The SMILES string of the molecule is N#Cc1c(C#CCl)c(C#N)c(C#CCl)c(C#N)c1C#CCl. The molecule has 0 fully saturated rings. The Kier molecular flexibility index (Phi) is 6.00. The van der Waals surface area contributed by atoms with E-state index < -0.39 is 0 Å². The van der Waals surface area contributed by atoms with Crippen LogP contribution in [0.3, 0.4) is 0 Å². The van der Waals surface area contributed by atoms with Crippen molar-refractivity contribution < 1.29 is 0 Å². The van der Waals surface area contributed by atoms with Crippen molar-refractivity contribution in [3.63, 3.8) is 0 Å². The van der Waals surface area contributed by atoms with Crippen LogP contribution in [0.2, 0.25) is 0 Å². The van der Waals surface area contributed by atoms with Crippen molar-refractivity contribution >= 4 is 34.8 Å². The lowest BCUT2D eigenvalue weighted by atomic mass is 9.88. The van der Waals surface area contributed by atoms with Gasteiger partial charge in [-0.3, -0.25) is 0 Å². The number of hydrogen-bond acceptors (Lipinski definition) is 3. The molecule has 0 bridgehead atoms. The standard InChI is InChI=1S/C15Cl3N3/c16-4-1-10-13(7-19)11(2-5-17)15(9-21)12(3-6-18)14(10)8-20. The maximum absolute atomic E-state index is 9.26. The van der Waals surface area contributed by atoms with E-state index in [2.05, 4.69) is 33.9 Å². The van der Waals surface area contributed by atoms with Crippen LogP contribution in [-0.2, 0) is 0 Å². The quantitative estimate of drug-likeness (QED) is 0.687. The van der Waals surface area contributed by atoms with Crippen molar-refractivity contribution in [2.45, 2.75) is 0 Å². The molecule has 0 N–H and O–H groups in total. The Morgan fingerprint density at radius 3 is 0.857 bits per heavy atom. The number of halogens is 3. The average Bonchev–Trinajstić information content (AvgIpc) is 2.49.